The van der Waals surface area contributed by atoms with E-state index in [2.05, 4.69) is 0 Å². The van der Waals surface area contributed by atoms with Gasteiger partial charge in [-0.15, -0.1) is 0 Å². The van der Waals surface area contributed by atoms with E-state index in [1.165, 1.54) is 18.6 Å². The van der Waals surface area contributed by atoms with Crippen LogP contribution >= 0.6 is 0 Å². The number of hydrogen-bond acceptors (Lipinski definition) is 2. The highest BCUT2D eigenvalue weighted by Gasteiger charge is 2.25. The number of carboxylic acids is 1. The van der Waals surface area contributed by atoms with E-state index in [0.29, 0.717) is 25.8 Å². The molecule has 2 rings (SSSR count). The minimum absolute atomic E-state index is 0.0802. The molecule has 0 atom stereocenters. The Morgan fingerprint density at radius 1 is 1.04 bits per heavy atom. The van der Waals surface area contributed by atoms with E-state index in [0.717, 1.165) is 31.2 Å². The van der Waals surface area contributed by atoms with Crippen LogP contribution in [0.3, 0.4) is 0 Å². The molecule has 0 radical (unpaired) electrons. The normalized spacial score (nSPS) is 15.2. The van der Waals surface area contributed by atoms with E-state index in [1.807, 2.05) is 4.90 Å². The zero-order chi connectivity index (χ0) is 17.4. The van der Waals surface area contributed by atoms with E-state index < -0.39 is 5.97 Å². The maximum Gasteiger partial charge on any atom is 0.303 e. The summed E-state index contributed by atoms with van der Waals surface area (Å²) in [7, 11) is 0. The lowest BCUT2D eigenvalue weighted by atomic mass is 9.93. The Kier molecular flexibility index (Phi) is 7.22. The Hall–Kier alpha value is -1.91. The second kappa shape index (κ2) is 9.40. The zero-order valence-corrected chi connectivity index (χ0v) is 14.0. The average molecular weight is 335 g/mol. The van der Waals surface area contributed by atoms with Gasteiger partial charge in [-0.3, -0.25) is 9.59 Å². The molecule has 1 N–H and O–H groups in total. The van der Waals surface area contributed by atoms with Gasteiger partial charge in [0.15, 0.2) is 0 Å². The van der Waals surface area contributed by atoms with Crippen molar-refractivity contribution in [3.05, 3.63) is 35.6 Å². The number of amides is 1. The maximum atomic E-state index is 13.1. The van der Waals surface area contributed by atoms with Gasteiger partial charge >= 0.3 is 5.97 Å². The molecule has 4 nitrogen and oxygen atoms in total. The monoisotopic (exact) mass is 335 g/mol. The van der Waals surface area contributed by atoms with Gasteiger partial charge < -0.3 is 10.0 Å². The molecule has 0 aromatic heterocycles. The lowest BCUT2D eigenvalue weighted by Crippen LogP contribution is -2.40. The number of benzene rings is 1. The van der Waals surface area contributed by atoms with Crippen molar-refractivity contribution >= 4 is 11.9 Å². The molecule has 0 unspecified atom stereocenters. The number of unbranched alkanes of at least 4 members (excludes halogenated alkanes) is 1. The molecular weight excluding hydrogens is 309 g/mol. The van der Waals surface area contributed by atoms with Gasteiger partial charge in [0.2, 0.25) is 5.91 Å². The summed E-state index contributed by atoms with van der Waals surface area (Å²) in [5, 5.41) is 8.68. The number of nitrogens with zero attached hydrogens (tertiary/aromatic N) is 1. The summed E-state index contributed by atoms with van der Waals surface area (Å²) in [6.07, 6.45) is 7.12. The maximum absolute atomic E-state index is 13.1. The van der Waals surface area contributed by atoms with E-state index in [-0.39, 0.29) is 24.2 Å². The largest absolute Gasteiger partial charge is 0.481 e. The number of rotatable bonds is 8. The first-order valence-corrected chi connectivity index (χ1v) is 8.82. The van der Waals surface area contributed by atoms with Gasteiger partial charge in [0.1, 0.15) is 5.82 Å². The zero-order valence-electron chi connectivity index (χ0n) is 14.0. The number of hydrogen-bond donors (Lipinski definition) is 1. The number of carbonyl (C=O) groups excluding carboxylic acids is 1. The first kappa shape index (κ1) is 18.4. The van der Waals surface area contributed by atoms with Gasteiger partial charge in [0.25, 0.3) is 0 Å². The summed E-state index contributed by atoms with van der Waals surface area (Å²) in [5.74, 6) is -1.02. The van der Waals surface area contributed by atoms with E-state index in [9.17, 15) is 14.0 Å². The molecule has 0 bridgehead atoms. The van der Waals surface area contributed by atoms with Crippen molar-refractivity contribution in [2.75, 3.05) is 0 Å². The van der Waals surface area contributed by atoms with Crippen LogP contribution in [0.1, 0.15) is 63.4 Å². The fourth-order valence-corrected chi connectivity index (χ4v) is 3.30. The number of aliphatic carboxylic acids is 1. The third-order valence-electron chi connectivity index (χ3n) is 4.63. The molecule has 24 heavy (non-hydrogen) atoms. The molecule has 1 fully saturated rings. The van der Waals surface area contributed by atoms with Gasteiger partial charge in [0.05, 0.1) is 0 Å². The van der Waals surface area contributed by atoms with Crippen molar-refractivity contribution in [3.8, 4) is 0 Å². The second-order valence-electron chi connectivity index (χ2n) is 6.54. The third-order valence-corrected chi connectivity index (χ3v) is 4.63. The summed E-state index contributed by atoms with van der Waals surface area (Å²) in [4.78, 5) is 25.2. The van der Waals surface area contributed by atoms with Crippen LogP contribution in [-0.4, -0.2) is 27.9 Å². The summed E-state index contributed by atoms with van der Waals surface area (Å²) in [5.41, 5.74) is 0.931. The molecule has 1 amide bonds. The lowest BCUT2D eigenvalue weighted by Gasteiger charge is -2.34. The Morgan fingerprint density at radius 2 is 1.67 bits per heavy atom. The Balaban J connectivity index is 1.97. The molecule has 1 saturated carbocycles. The number of carbonyl (C=O) groups is 2. The fourth-order valence-electron chi connectivity index (χ4n) is 3.30. The van der Waals surface area contributed by atoms with Crippen molar-refractivity contribution in [2.45, 2.75) is 70.4 Å². The molecular formula is C19H26FNO3. The van der Waals surface area contributed by atoms with Gasteiger partial charge in [-0.2, -0.15) is 0 Å². The molecule has 132 valence electrons. The summed E-state index contributed by atoms with van der Waals surface area (Å²) in [6.45, 7) is 0.503. The Morgan fingerprint density at radius 3 is 2.29 bits per heavy atom. The Bertz CT molecular complexity index is 538. The Labute approximate surface area is 142 Å². The molecule has 0 heterocycles. The molecule has 1 aromatic rings. The second-order valence-corrected chi connectivity index (χ2v) is 6.54. The smallest absolute Gasteiger partial charge is 0.303 e. The predicted molar refractivity (Wildman–Crippen MR) is 89.9 cm³/mol. The van der Waals surface area contributed by atoms with Gasteiger partial charge in [-0.25, -0.2) is 4.39 Å². The quantitative estimate of drug-likeness (QED) is 0.727. The molecule has 0 saturated heterocycles. The first-order chi connectivity index (χ1) is 11.6. The molecule has 0 aliphatic heterocycles. The highest BCUT2D eigenvalue weighted by Crippen LogP contribution is 2.25. The highest BCUT2D eigenvalue weighted by atomic mass is 19.1. The van der Waals surface area contributed by atoms with Crippen molar-refractivity contribution in [2.24, 2.45) is 0 Å². The van der Waals surface area contributed by atoms with Crippen LogP contribution in [0.5, 0.6) is 0 Å². The van der Waals surface area contributed by atoms with Crippen LogP contribution in [0.2, 0.25) is 0 Å². The van der Waals surface area contributed by atoms with Crippen LogP contribution in [0.25, 0.3) is 0 Å². The summed E-state index contributed by atoms with van der Waals surface area (Å²) in [6, 6.07) is 6.54. The van der Waals surface area contributed by atoms with Gasteiger partial charge in [-0.1, -0.05) is 31.4 Å². The minimum atomic E-state index is -0.821. The summed E-state index contributed by atoms with van der Waals surface area (Å²) >= 11 is 0. The van der Waals surface area contributed by atoms with Crippen LogP contribution in [-0.2, 0) is 16.1 Å². The molecule has 1 aliphatic carbocycles. The lowest BCUT2D eigenvalue weighted by molar-refractivity contribution is -0.138. The molecule has 1 aromatic carbocycles. The van der Waals surface area contributed by atoms with E-state index in [1.54, 1.807) is 12.1 Å². The van der Waals surface area contributed by atoms with Gasteiger partial charge in [-0.05, 0) is 43.4 Å². The van der Waals surface area contributed by atoms with Gasteiger partial charge in [0, 0.05) is 25.4 Å². The van der Waals surface area contributed by atoms with Crippen molar-refractivity contribution in [3.63, 3.8) is 0 Å². The predicted octanol–water partition coefficient (Wildman–Crippen LogP) is 4.13. The fraction of sp³-hybridized carbons (Fsp3) is 0.579. The highest BCUT2D eigenvalue weighted by molar-refractivity contribution is 5.76. The molecule has 5 heteroatoms. The average Bonchev–Trinajstić information content (AvgIpc) is 2.58. The van der Waals surface area contributed by atoms with Crippen molar-refractivity contribution in [1.29, 1.82) is 0 Å². The molecule has 0 spiro atoms. The van der Waals surface area contributed by atoms with E-state index in [4.69, 9.17) is 5.11 Å². The topological polar surface area (TPSA) is 57.6 Å². The minimum Gasteiger partial charge on any atom is -0.481 e. The standard InChI is InChI=1S/C19H26FNO3/c20-16-12-10-15(11-13-16)14-21(17-6-2-1-3-7-17)18(22)8-4-5-9-19(23)24/h10-13,17H,1-9,14H2,(H,23,24). The van der Waals surface area contributed by atoms with Crippen molar-refractivity contribution in [1.82, 2.24) is 4.90 Å². The third kappa shape index (κ3) is 5.95. The van der Waals surface area contributed by atoms with Crippen LogP contribution in [0, 0.1) is 5.82 Å². The number of carboxylic acid groups (broad SMARTS) is 1. The van der Waals surface area contributed by atoms with E-state index >= 15 is 0 Å². The number of halogens is 1. The SMILES string of the molecule is O=C(O)CCCCC(=O)N(Cc1ccc(F)cc1)C1CCCCC1. The van der Waals surface area contributed by atoms with Crippen LogP contribution in [0.15, 0.2) is 24.3 Å². The first-order valence-electron chi connectivity index (χ1n) is 8.82. The van der Waals surface area contributed by atoms with Crippen LogP contribution in [0.4, 0.5) is 4.39 Å². The summed E-state index contributed by atoms with van der Waals surface area (Å²) < 4.78 is 13.1. The van der Waals surface area contributed by atoms with Crippen LogP contribution < -0.4 is 0 Å². The molecule has 1 aliphatic rings. The van der Waals surface area contributed by atoms with Crippen molar-refractivity contribution < 1.29 is 19.1 Å².